The van der Waals surface area contributed by atoms with Gasteiger partial charge in [0.1, 0.15) is 4.38 Å². The summed E-state index contributed by atoms with van der Waals surface area (Å²) in [7, 11) is 0. The summed E-state index contributed by atoms with van der Waals surface area (Å²) in [6.45, 7) is 3.32. The quantitative estimate of drug-likeness (QED) is 0.542. The fraction of sp³-hybridized carbons (Fsp3) is 0.923. The van der Waals surface area contributed by atoms with Gasteiger partial charge in [-0.2, -0.15) is 0 Å². The summed E-state index contributed by atoms with van der Waals surface area (Å²) < 4.78 is 1.34. The normalized spacial score (nSPS) is 15.4. The molecular weight excluding hydrogens is 234 g/mol. The Hall–Kier alpha value is 0.370. The van der Waals surface area contributed by atoms with E-state index in [9.17, 15) is 0 Å². The number of nitrogens with zero attached hydrogens (tertiary/aromatic N) is 1. The van der Waals surface area contributed by atoms with E-state index in [0.29, 0.717) is 0 Å². The molecule has 1 rings (SSSR count). The van der Waals surface area contributed by atoms with Crippen molar-refractivity contribution < 1.29 is 0 Å². The summed E-state index contributed by atoms with van der Waals surface area (Å²) in [6, 6.07) is 0. The molecule has 1 heterocycles. The lowest BCUT2D eigenvalue weighted by atomic mass is 10.1. The number of hydrogen-bond donors (Lipinski definition) is 0. The van der Waals surface area contributed by atoms with Crippen LogP contribution in [0.3, 0.4) is 0 Å². The minimum atomic E-state index is 1.05. The zero-order chi connectivity index (χ0) is 11.5. The van der Waals surface area contributed by atoms with E-state index in [-0.39, 0.29) is 0 Å². The van der Waals surface area contributed by atoms with E-state index in [0.717, 1.165) is 6.54 Å². The maximum atomic E-state index is 4.45. The second-order valence-electron chi connectivity index (χ2n) is 4.32. The highest BCUT2D eigenvalue weighted by molar-refractivity contribution is 8.39. The lowest BCUT2D eigenvalue weighted by molar-refractivity contribution is 0.586. The maximum absolute atomic E-state index is 4.45. The molecule has 0 aromatic carbocycles. The van der Waals surface area contributed by atoms with Crippen molar-refractivity contribution in [1.82, 2.24) is 0 Å². The van der Waals surface area contributed by atoms with Crippen molar-refractivity contribution in [3.8, 4) is 0 Å². The lowest BCUT2D eigenvalue weighted by Crippen LogP contribution is -1.86. The van der Waals surface area contributed by atoms with Gasteiger partial charge in [-0.3, -0.25) is 4.99 Å². The summed E-state index contributed by atoms with van der Waals surface area (Å²) in [6.07, 6.45) is 11.3. The summed E-state index contributed by atoms with van der Waals surface area (Å²) in [5.74, 6) is 2.49. The molecule has 0 aromatic heterocycles. The second kappa shape index (κ2) is 10.5. The SMILES string of the molecule is CCCCCCCCCCSC1=NCCS1. The van der Waals surface area contributed by atoms with Gasteiger partial charge in [0.25, 0.3) is 0 Å². The standard InChI is InChI=1S/C13H25NS2/c1-2-3-4-5-6-7-8-9-11-15-13-14-10-12-16-13/h2-12H2,1H3. The van der Waals surface area contributed by atoms with E-state index >= 15 is 0 Å². The molecule has 0 N–H and O–H groups in total. The molecule has 1 aliphatic rings. The molecule has 0 spiro atoms. The fourth-order valence-electron chi connectivity index (χ4n) is 1.80. The zero-order valence-corrected chi connectivity index (χ0v) is 12.2. The van der Waals surface area contributed by atoms with Crippen molar-refractivity contribution in [3.63, 3.8) is 0 Å². The molecule has 16 heavy (non-hydrogen) atoms. The predicted molar refractivity (Wildman–Crippen MR) is 79.8 cm³/mol. The van der Waals surface area contributed by atoms with Crippen molar-refractivity contribution in [2.45, 2.75) is 58.3 Å². The highest BCUT2D eigenvalue weighted by Crippen LogP contribution is 2.23. The van der Waals surface area contributed by atoms with Gasteiger partial charge in [-0.05, 0) is 12.2 Å². The third-order valence-electron chi connectivity index (χ3n) is 2.78. The van der Waals surface area contributed by atoms with E-state index in [1.54, 1.807) is 0 Å². The molecule has 0 saturated carbocycles. The molecule has 0 radical (unpaired) electrons. The van der Waals surface area contributed by atoms with Gasteiger partial charge in [-0.1, -0.05) is 75.4 Å². The van der Waals surface area contributed by atoms with Crippen LogP contribution in [0, 0.1) is 0 Å². The number of rotatable bonds is 9. The Bertz CT molecular complexity index is 192. The number of thioether (sulfide) groups is 2. The molecule has 0 atom stereocenters. The highest BCUT2D eigenvalue weighted by Gasteiger charge is 2.06. The van der Waals surface area contributed by atoms with Crippen molar-refractivity contribution in [2.75, 3.05) is 18.1 Å². The highest BCUT2D eigenvalue weighted by atomic mass is 32.2. The van der Waals surface area contributed by atoms with Crippen LogP contribution in [0.25, 0.3) is 0 Å². The average molecular weight is 259 g/mol. The zero-order valence-electron chi connectivity index (χ0n) is 10.5. The molecule has 1 nitrogen and oxygen atoms in total. The molecule has 3 heteroatoms. The van der Waals surface area contributed by atoms with E-state index < -0.39 is 0 Å². The molecular formula is C13H25NS2. The topological polar surface area (TPSA) is 12.4 Å². The third kappa shape index (κ3) is 7.61. The minimum absolute atomic E-state index is 1.05. The van der Waals surface area contributed by atoms with Crippen LogP contribution in [-0.2, 0) is 0 Å². The second-order valence-corrected chi connectivity index (χ2v) is 6.75. The summed E-state index contributed by atoms with van der Waals surface area (Å²) in [5.41, 5.74) is 0. The summed E-state index contributed by atoms with van der Waals surface area (Å²) in [5, 5.41) is 0. The van der Waals surface area contributed by atoms with Crippen LogP contribution in [0.5, 0.6) is 0 Å². The van der Waals surface area contributed by atoms with Gasteiger partial charge in [0.15, 0.2) is 0 Å². The van der Waals surface area contributed by atoms with Gasteiger partial charge in [0.05, 0.1) is 6.54 Å². The van der Waals surface area contributed by atoms with E-state index in [2.05, 4.69) is 11.9 Å². The molecule has 0 bridgehead atoms. The van der Waals surface area contributed by atoms with Gasteiger partial charge < -0.3 is 0 Å². The molecule has 0 unspecified atom stereocenters. The van der Waals surface area contributed by atoms with Crippen LogP contribution < -0.4 is 0 Å². The average Bonchev–Trinajstić information content (AvgIpc) is 2.80. The van der Waals surface area contributed by atoms with Crippen LogP contribution in [0.2, 0.25) is 0 Å². The van der Waals surface area contributed by atoms with Gasteiger partial charge in [0.2, 0.25) is 0 Å². The monoisotopic (exact) mass is 259 g/mol. The van der Waals surface area contributed by atoms with Crippen molar-refractivity contribution in [1.29, 1.82) is 0 Å². The number of unbranched alkanes of at least 4 members (excludes halogenated alkanes) is 7. The molecule has 0 fully saturated rings. The van der Waals surface area contributed by atoms with Gasteiger partial charge in [0, 0.05) is 5.75 Å². The summed E-state index contributed by atoms with van der Waals surface area (Å²) in [4.78, 5) is 4.45. The Morgan fingerprint density at radius 3 is 2.38 bits per heavy atom. The van der Waals surface area contributed by atoms with E-state index in [1.165, 1.54) is 67.2 Å². The number of hydrogen-bond acceptors (Lipinski definition) is 3. The summed E-state index contributed by atoms with van der Waals surface area (Å²) >= 11 is 3.90. The number of aliphatic imine (C=N–C) groups is 1. The van der Waals surface area contributed by atoms with Gasteiger partial charge in [-0.15, -0.1) is 0 Å². The Morgan fingerprint density at radius 1 is 1.06 bits per heavy atom. The van der Waals surface area contributed by atoms with E-state index in [4.69, 9.17) is 0 Å². The van der Waals surface area contributed by atoms with Gasteiger partial charge >= 0.3 is 0 Å². The smallest absolute Gasteiger partial charge is 0.124 e. The molecule has 94 valence electrons. The van der Waals surface area contributed by atoms with Crippen molar-refractivity contribution in [3.05, 3.63) is 0 Å². The van der Waals surface area contributed by atoms with Crippen LogP contribution in [-0.4, -0.2) is 22.4 Å². The first kappa shape index (κ1) is 14.4. The Labute approximate surface area is 109 Å². The predicted octanol–water partition coefficient (Wildman–Crippen LogP) is 4.96. The van der Waals surface area contributed by atoms with Crippen molar-refractivity contribution in [2.24, 2.45) is 4.99 Å². The van der Waals surface area contributed by atoms with Gasteiger partial charge in [-0.25, -0.2) is 0 Å². The molecule has 0 aliphatic carbocycles. The van der Waals surface area contributed by atoms with Crippen LogP contribution in [0.15, 0.2) is 4.99 Å². The Morgan fingerprint density at radius 2 is 1.75 bits per heavy atom. The van der Waals surface area contributed by atoms with Crippen LogP contribution in [0.1, 0.15) is 58.3 Å². The Balaban J connectivity index is 1.74. The maximum Gasteiger partial charge on any atom is 0.124 e. The van der Waals surface area contributed by atoms with Crippen LogP contribution >= 0.6 is 23.5 Å². The fourth-order valence-corrected chi connectivity index (χ4v) is 3.88. The van der Waals surface area contributed by atoms with Crippen molar-refractivity contribution >= 4 is 27.9 Å². The Kier molecular flexibility index (Phi) is 9.49. The first-order chi connectivity index (χ1) is 7.93. The minimum Gasteiger partial charge on any atom is -0.271 e. The first-order valence-corrected chi connectivity index (χ1v) is 8.70. The molecule has 0 aromatic rings. The first-order valence-electron chi connectivity index (χ1n) is 6.73. The molecule has 0 amide bonds. The molecule has 0 saturated heterocycles. The van der Waals surface area contributed by atoms with E-state index in [1.807, 2.05) is 23.5 Å². The third-order valence-corrected chi connectivity index (χ3v) is 5.12. The molecule has 1 aliphatic heterocycles. The largest absolute Gasteiger partial charge is 0.271 e. The van der Waals surface area contributed by atoms with Crippen LogP contribution in [0.4, 0.5) is 0 Å². The lowest BCUT2D eigenvalue weighted by Gasteiger charge is -2.01.